The average molecular weight is 365 g/mol. The van der Waals surface area contributed by atoms with Gasteiger partial charge in [0.05, 0.1) is 3.79 Å². The molecule has 3 rings (SSSR count). The van der Waals surface area contributed by atoms with E-state index in [2.05, 4.69) is 45.5 Å². The predicted molar refractivity (Wildman–Crippen MR) is 90.6 cm³/mol. The van der Waals surface area contributed by atoms with Crippen LogP contribution in [0.5, 0.6) is 0 Å². The Labute approximate surface area is 137 Å². The zero-order valence-electron chi connectivity index (χ0n) is 11.6. The van der Waals surface area contributed by atoms with Gasteiger partial charge >= 0.3 is 0 Å². The molecular formula is C16H17BrN2OS. The second-order valence-electron chi connectivity index (χ2n) is 5.12. The van der Waals surface area contributed by atoms with Gasteiger partial charge in [-0.25, -0.2) is 0 Å². The number of hydrogen-bond acceptors (Lipinski definition) is 3. The molecule has 1 saturated heterocycles. The van der Waals surface area contributed by atoms with Gasteiger partial charge in [0.1, 0.15) is 0 Å². The van der Waals surface area contributed by atoms with Crippen LogP contribution in [-0.2, 0) is 17.9 Å². The zero-order valence-corrected chi connectivity index (χ0v) is 14.0. The molecule has 1 aromatic carbocycles. The maximum absolute atomic E-state index is 11.7. The molecule has 1 N–H and O–H groups in total. The van der Waals surface area contributed by atoms with E-state index in [0.717, 1.165) is 31.7 Å². The standard InChI is InChI=1S/C16H17BrN2OS/c17-15-8-7-14(21-15)11-18-10-12-3-5-13(6-4-12)19-9-1-2-16(19)20/h3-8,18H,1-2,9-11H2. The van der Waals surface area contributed by atoms with Gasteiger partial charge in [0.2, 0.25) is 5.91 Å². The van der Waals surface area contributed by atoms with Gasteiger partial charge in [0, 0.05) is 36.6 Å². The van der Waals surface area contributed by atoms with Crippen molar-refractivity contribution in [1.29, 1.82) is 0 Å². The van der Waals surface area contributed by atoms with Crippen molar-refractivity contribution in [3.8, 4) is 0 Å². The Bertz CT molecular complexity index is 623. The molecule has 1 aromatic heterocycles. The second-order valence-corrected chi connectivity index (χ2v) is 7.67. The average Bonchev–Trinajstić information content (AvgIpc) is 3.09. The smallest absolute Gasteiger partial charge is 0.227 e. The molecule has 1 amide bonds. The minimum atomic E-state index is 0.240. The Kier molecular flexibility index (Phi) is 4.73. The summed E-state index contributed by atoms with van der Waals surface area (Å²) in [4.78, 5) is 14.9. The lowest BCUT2D eigenvalue weighted by Crippen LogP contribution is -2.23. The molecule has 0 radical (unpaired) electrons. The molecule has 0 atom stereocenters. The molecular weight excluding hydrogens is 348 g/mol. The van der Waals surface area contributed by atoms with E-state index in [-0.39, 0.29) is 5.91 Å². The fourth-order valence-electron chi connectivity index (χ4n) is 2.49. The van der Waals surface area contributed by atoms with Crippen LogP contribution >= 0.6 is 27.3 Å². The van der Waals surface area contributed by atoms with Crippen LogP contribution in [0.25, 0.3) is 0 Å². The van der Waals surface area contributed by atoms with Gasteiger partial charge in [-0.05, 0) is 52.2 Å². The monoisotopic (exact) mass is 364 g/mol. The largest absolute Gasteiger partial charge is 0.312 e. The van der Waals surface area contributed by atoms with E-state index in [1.807, 2.05) is 17.0 Å². The van der Waals surface area contributed by atoms with Crippen molar-refractivity contribution < 1.29 is 4.79 Å². The van der Waals surface area contributed by atoms with Gasteiger partial charge in [0.15, 0.2) is 0 Å². The highest BCUT2D eigenvalue weighted by atomic mass is 79.9. The normalized spacial score (nSPS) is 14.9. The van der Waals surface area contributed by atoms with Crippen LogP contribution in [0.3, 0.4) is 0 Å². The molecule has 0 bridgehead atoms. The van der Waals surface area contributed by atoms with Crippen LogP contribution in [0.15, 0.2) is 40.2 Å². The Hall–Kier alpha value is -1.17. The molecule has 0 unspecified atom stereocenters. The first kappa shape index (κ1) is 14.8. The molecule has 21 heavy (non-hydrogen) atoms. The Morgan fingerprint density at radius 3 is 2.57 bits per heavy atom. The Balaban J connectivity index is 1.53. The lowest BCUT2D eigenvalue weighted by atomic mass is 10.2. The van der Waals surface area contributed by atoms with E-state index in [9.17, 15) is 4.79 Å². The molecule has 0 saturated carbocycles. The van der Waals surface area contributed by atoms with Crippen molar-refractivity contribution in [1.82, 2.24) is 5.32 Å². The summed E-state index contributed by atoms with van der Waals surface area (Å²) in [5, 5.41) is 3.44. The fourth-order valence-corrected chi connectivity index (χ4v) is 3.94. The van der Waals surface area contributed by atoms with E-state index in [1.54, 1.807) is 11.3 Å². The van der Waals surface area contributed by atoms with Gasteiger partial charge in [0.25, 0.3) is 0 Å². The van der Waals surface area contributed by atoms with E-state index < -0.39 is 0 Å². The summed E-state index contributed by atoms with van der Waals surface area (Å²) in [6.45, 7) is 2.57. The van der Waals surface area contributed by atoms with E-state index in [1.165, 1.54) is 14.2 Å². The zero-order chi connectivity index (χ0) is 14.7. The molecule has 2 aromatic rings. The summed E-state index contributed by atoms with van der Waals surface area (Å²) >= 11 is 5.22. The van der Waals surface area contributed by atoms with Crippen LogP contribution < -0.4 is 10.2 Å². The third kappa shape index (κ3) is 3.73. The lowest BCUT2D eigenvalue weighted by Gasteiger charge is -2.16. The molecule has 5 heteroatoms. The molecule has 110 valence electrons. The molecule has 2 heterocycles. The summed E-state index contributed by atoms with van der Waals surface area (Å²) in [6, 6.07) is 12.5. The van der Waals surface area contributed by atoms with Crippen LogP contribution in [0, 0.1) is 0 Å². The number of hydrogen-bond donors (Lipinski definition) is 1. The third-order valence-corrected chi connectivity index (χ3v) is 5.20. The maximum atomic E-state index is 11.7. The van der Waals surface area contributed by atoms with Crippen molar-refractivity contribution in [2.24, 2.45) is 0 Å². The minimum Gasteiger partial charge on any atom is -0.312 e. The first-order valence-electron chi connectivity index (χ1n) is 7.06. The van der Waals surface area contributed by atoms with Gasteiger partial charge < -0.3 is 10.2 Å². The molecule has 1 aliphatic heterocycles. The highest BCUT2D eigenvalue weighted by Crippen LogP contribution is 2.23. The SMILES string of the molecule is O=C1CCCN1c1ccc(CNCc2ccc(Br)s2)cc1. The maximum Gasteiger partial charge on any atom is 0.227 e. The third-order valence-electron chi connectivity index (χ3n) is 3.58. The van der Waals surface area contributed by atoms with Crippen molar-refractivity contribution >= 4 is 38.9 Å². The van der Waals surface area contributed by atoms with Crippen molar-refractivity contribution in [3.63, 3.8) is 0 Å². The predicted octanol–water partition coefficient (Wildman–Crippen LogP) is 3.93. The minimum absolute atomic E-state index is 0.240. The van der Waals surface area contributed by atoms with E-state index in [0.29, 0.717) is 6.42 Å². The number of carbonyl (C=O) groups is 1. The summed E-state index contributed by atoms with van der Waals surface area (Å²) in [7, 11) is 0. The number of nitrogens with one attached hydrogen (secondary N) is 1. The summed E-state index contributed by atoms with van der Waals surface area (Å²) in [6.07, 6.45) is 1.65. The molecule has 0 aliphatic carbocycles. The molecule has 1 fully saturated rings. The number of anilines is 1. The number of carbonyl (C=O) groups excluding carboxylic acids is 1. The second kappa shape index (κ2) is 6.73. The lowest BCUT2D eigenvalue weighted by molar-refractivity contribution is -0.117. The number of halogens is 1. The van der Waals surface area contributed by atoms with Crippen molar-refractivity contribution in [3.05, 3.63) is 50.6 Å². The first-order valence-corrected chi connectivity index (χ1v) is 8.67. The topological polar surface area (TPSA) is 32.3 Å². The van der Waals surface area contributed by atoms with Crippen molar-refractivity contribution in [2.45, 2.75) is 25.9 Å². The Morgan fingerprint density at radius 1 is 1.14 bits per heavy atom. The first-order chi connectivity index (χ1) is 10.2. The van der Waals surface area contributed by atoms with Crippen LogP contribution in [0.1, 0.15) is 23.3 Å². The number of nitrogens with zero attached hydrogens (tertiary/aromatic N) is 1. The summed E-state index contributed by atoms with van der Waals surface area (Å²) in [5.41, 5.74) is 2.25. The summed E-state index contributed by atoms with van der Waals surface area (Å²) in [5.74, 6) is 0.240. The number of rotatable bonds is 5. The molecule has 3 nitrogen and oxygen atoms in total. The number of benzene rings is 1. The highest BCUT2D eigenvalue weighted by Gasteiger charge is 2.21. The molecule has 0 spiro atoms. The fraction of sp³-hybridized carbons (Fsp3) is 0.312. The number of thiophene rings is 1. The molecule has 1 aliphatic rings. The summed E-state index contributed by atoms with van der Waals surface area (Å²) < 4.78 is 1.17. The van der Waals surface area contributed by atoms with Crippen LogP contribution in [-0.4, -0.2) is 12.5 Å². The quantitative estimate of drug-likeness (QED) is 0.871. The Morgan fingerprint density at radius 2 is 1.95 bits per heavy atom. The van der Waals surface area contributed by atoms with E-state index >= 15 is 0 Å². The van der Waals surface area contributed by atoms with Gasteiger partial charge in [-0.2, -0.15) is 0 Å². The van der Waals surface area contributed by atoms with Crippen LogP contribution in [0.4, 0.5) is 5.69 Å². The van der Waals surface area contributed by atoms with Crippen molar-refractivity contribution in [2.75, 3.05) is 11.4 Å². The van der Waals surface area contributed by atoms with Gasteiger partial charge in [-0.1, -0.05) is 12.1 Å². The highest BCUT2D eigenvalue weighted by molar-refractivity contribution is 9.11. The van der Waals surface area contributed by atoms with Gasteiger partial charge in [-0.3, -0.25) is 4.79 Å². The van der Waals surface area contributed by atoms with Crippen LogP contribution in [0.2, 0.25) is 0 Å². The van der Waals surface area contributed by atoms with E-state index in [4.69, 9.17) is 0 Å². The van der Waals surface area contributed by atoms with Gasteiger partial charge in [-0.15, -0.1) is 11.3 Å². The number of amides is 1.